The fraction of sp³-hybridized carbons (Fsp3) is 0.0588. The molecule has 0 amide bonds. The summed E-state index contributed by atoms with van der Waals surface area (Å²) in [4.78, 5) is 12.4. The minimum Gasteiger partial charge on any atom is -0.457 e. The number of carbonyl (C=O) groups excluding carboxylic acids is 1. The molecule has 0 saturated heterocycles. The summed E-state index contributed by atoms with van der Waals surface area (Å²) in [6.07, 6.45) is 0. The normalized spacial score (nSPS) is 10.5. The molecule has 0 saturated carbocycles. The highest BCUT2D eigenvalue weighted by Gasteiger charge is 2.18. The maximum atomic E-state index is 13.2. The Labute approximate surface area is 140 Å². The van der Waals surface area contributed by atoms with Crippen molar-refractivity contribution in [3.05, 3.63) is 69.3 Å². The van der Waals surface area contributed by atoms with Crippen LogP contribution in [0.4, 0.5) is 4.39 Å². The summed E-state index contributed by atoms with van der Waals surface area (Å²) in [5.41, 5.74) is 1.30. The minimum atomic E-state index is -0.555. The Kier molecular flexibility index (Phi) is 4.28. The number of rotatable bonds is 3. The lowest BCUT2D eigenvalue weighted by Crippen LogP contribution is -2.03. The molecule has 3 nitrogen and oxygen atoms in total. The predicted octanol–water partition coefficient (Wildman–Crippen LogP) is 4.92. The molecule has 6 heteroatoms. The van der Waals surface area contributed by atoms with E-state index in [2.05, 4.69) is 0 Å². The zero-order valence-corrected chi connectivity index (χ0v) is 13.2. The number of nitrogens with zero attached hydrogens (tertiary/aromatic N) is 1. The van der Waals surface area contributed by atoms with Crippen molar-refractivity contribution in [3.8, 4) is 6.07 Å². The van der Waals surface area contributed by atoms with Gasteiger partial charge in [-0.25, -0.2) is 9.18 Å². The van der Waals surface area contributed by atoms with Crippen molar-refractivity contribution in [2.75, 3.05) is 0 Å². The molecule has 0 aliphatic carbocycles. The van der Waals surface area contributed by atoms with Crippen molar-refractivity contribution in [2.45, 2.75) is 6.61 Å². The Morgan fingerprint density at radius 2 is 2.00 bits per heavy atom. The van der Waals surface area contributed by atoms with Crippen LogP contribution in [0.25, 0.3) is 10.1 Å². The zero-order chi connectivity index (χ0) is 16.4. The summed E-state index contributed by atoms with van der Waals surface area (Å²) in [6.45, 7) is 0.0729. The van der Waals surface area contributed by atoms with Crippen LogP contribution in [0.1, 0.15) is 20.8 Å². The van der Waals surface area contributed by atoms with Crippen molar-refractivity contribution in [1.82, 2.24) is 0 Å². The van der Waals surface area contributed by atoms with E-state index in [0.717, 1.165) is 16.9 Å². The molecular formula is C17H9ClFNO2S. The second-order valence-corrected chi connectivity index (χ2v) is 6.20. The number of ether oxygens (including phenoxy) is 1. The Morgan fingerprint density at radius 1 is 1.26 bits per heavy atom. The molecule has 0 bridgehead atoms. The van der Waals surface area contributed by atoms with E-state index in [1.165, 1.54) is 12.1 Å². The van der Waals surface area contributed by atoms with Crippen LogP contribution in [-0.2, 0) is 11.3 Å². The number of nitriles is 1. The summed E-state index contributed by atoms with van der Waals surface area (Å²) < 4.78 is 19.1. The highest BCUT2D eigenvalue weighted by Crippen LogP contribution is 2.36. The van der Waals surface area contributed by atoms with E-state index in [-0.39, 0.29) is 22.3 Å². The van der Waals surface area contributed by atoms with Gasteiger partial charge < -0.3 is 4.74 Å². The van der Waals surface area contributed by atoms with Crippen molar-refractivity contribution >= 4 is 39.0 Å². The molecule has 0 aliphatic rings. The first kappa shape index (κ1) is 15.5. The Hall–Kier alpha value is -2.42. The van der Waals surface area contributed by atoms with Gasteiger partial charge in [-0.2, -0.15) is 5.26 Å². The van der Waals surface area contributed by atoms with Crippen molar-refractivity contribution in [1.29, 1.82) is 5.26 Å². The third kappa shape index (κ3) is 3.19. The third-order valence-electron chi connectivity index (χ3n) is 3.23. The van der Waals surface area contributed by atoms with Crippen LogP contribution in [-0.4, -0.2) is 5.97 Å². The minimum absolute atomic E-state index is 0.0729. The lowest BCUT2D eigenvalue weighted by atomic mass is 10.2. The van der Waals surface area contributed by atoms with Crippen LogP contribution in [0.2, 0.25) is 5.02 Å². The lowest BCUT2D eigenvalue weighted by molar-refractivity contribution is 0.0479. The molecule has 1 aromatic heterocycles. The fourth-order valence-electron chi connectivity index (χ4n) is 2.06. The van der Waals surface area contributed by atoms with Gasteiger partial charge in [-0.1, -0.05) is 23.7 Å². The van der Waals surface area contributed by atoms with Gasteiger partial charge >= 0.3 is 5.97 Å². The number of benzene rings is 2. The van der Waals surface area contributed by atoms with E-state index >= 15 is 0 Å². The van der Waals surface area contributed by atoms with Gasteiger partial charge in [0.25, 0.3) is 0 Å². The van der Waals surface area contributed by atoms with E-state index in [1.54, 1.807) is 30.3 Å². The molecule has 3 aromatic rings. The summed E-state index contributed by atoms with van der Waals surface area (Å²) >= 11 is 7.27. The van der Waals surface area contributed by atoms with Gasteiger partial charge in [-0.05, 0) is 35.9 Å². The van der Waals surface area contributed by atoms with Crippen molar-refractivity contribution in [2.24, 2.45) is 0 Å². The first-order valence-electron chi connectivity index (χ1n) is 6.62. The number of carbonyl (C=O) groups is 1. The Morgan fingerprint density at radius 3 is 2.70 bits per heavy atom. The second-order valence-electron chi connectivity index (χ2n) is 4.77. The molecule has 0 atom stereocenters. The van der Waals surface area contributed by atoms with Crippen molar-refractivity contribution < 1.29 is 13.9 Å². The fourth-order valence-corrected chi connectivity index (χ4v) is 3.49. The van der Waals surface area contributed by atoms with E-state index in [4.69, 9.17) is 21.6 Å². The van der Waals surface area contributed by atoms with Gasteiger partial charge in [-0.3, -0.25) is 0 Å². The monoisotopic (exact) mass is 345 g/mol. The van der Waals surface area contributed by atoms with Gasteiger partial charge in [0, 0.05) is 10.1 Å². The number of thiophene rings is 1. The van der Waals surface area contributed by atoms with Crippen LogP contribution in [0, 0.1) is 17.1 Å². The molecule has 0 fully saturated rings. The highest BCUT2D eigenvalue weighted by molar-refractivity contribution is 7.21. The van der Waals surface area contributed by atoms with Crippen LogP contribution >= 0.6 is 22.9 Å². The molecule has 23 heavy (non-hydrogen) atoms. The largest absolute Gasteiger partial charge is 0.457 e. The third-order valence-corrected chi connectivity index (χ3v) is 4.87. The molecule has 0 unspecified atom stereocenters. The molecule has 0 N–H and O–H groups in total. The number of hydrogen-bond donors (Lipinski definition) is 0. The van der Waals surface area contributed by atoms with E-state index in [9.17, 15) is 9.18 Å². The Bertz CT molecular complexity index is 928. The number of fused-ring (bicyclic) bond motifs is 1. The smallest absolute Gasteiger partial charge is 0.350 e. The standard InChI is InChI=1S/C17H9ClFNO2S/c18-15-13-6-5-12(19)7-14(13)23-16(15)17(21)22-9-11-3-1-10(8-20)2-4-11/h1-7H,9H2. The summed E-state index contributed by atoms with van der Waals surface area (Å²) in [5, 5.41) is 9.64. The Balaban J connectivity index is 1.78. The van der Waals surface area contributed by atoms with Gasteiger partial charge in [0.05, 0.1) is 16.7 Å². The SMILES string of the molecule is N#Cc1ccc(COC(=O)c2sc3cc(F)ccc3c2Cl)cc1. The molecule has 0 aliphatic heterocycles. The van der Waals surface area contributed by atoms with Crippen LogP contribution < -0.4 is 0 Å². The zero-order valence-electron chi connectivity index (χ0n) is 11.7. The van der Waals surface area contributed by atoms with Crippen LogP contribution in [0.15, 0.2) is 42.5 Å². The second kappa shape index (κ2) is 6.37. The van der Waals surface area contributed by atoms with Gasteiger partial charge in [-0.15, -0.1) is 11.3 Å². The first-order valence-corrected chi connectivity index (χ1v) is 7.81. The highest BCUT2D eigenvalue weighted by atomic mass is 35.5. The number of esters is 1. The van der Waals surface area contributed by atoms with Gasteiger partial charge in [0.15, 0.2) is 0 Å². The lowest BCUT2D eigenvalue weighted by Gasteiger charge is -2.04. The van der Waals surface area contributed by atoms with Crippen LogP contribution in [0.5, 0.6) is 0 Å². The first-order chi connectivity index (χ1) is 11.1. The molecule has 0 spiro atoms. The van der Waals surface area contributed by atoms with Crippen molar-refractivity contribution in [3.63, 3.8) is 0 Å². The van der Waals surface area contributed by atoms with Gasteiger partial charge in [0.2, 0.25) is 0 Å². The molecule has 0 radical (unpaired) electrons. The maximum absolute atomic E-state index is 13.2. The average Bonchev–Trinajstić information content (AvgIpc) is 2.89. The quantitative estimate of drug-likeness (QED) is 0.633. The predicted molar refractivity (Wildman–Crippen MR) is 87.1 cm³/mol. The van der Waals surface area contributed by atoms with E-state index < -0.39 is 5.97 Å². The molecule has 114 valence electrons. The molecule has 2 aromatic carbocycles. The maximum Gasteiger partial charge on any atom is 0.350 e. The average molecular weight is 346 g/mol. The molecule has 1 heterocycles. The van der Waals surface area contributed by atoms with E-state index in [0.29, 0.717) is 15.6 Å². The molecule has 3 rings (SSSR count). The van der Waals surface area contributed by atoms with Gasteiger partial charge in [0.1, 0.15) is 17.3 Å². The van der Waals surface area contributed by atoms with E-state index in [1.807, 2.05) is 6.07 Å². The summed E-state index contributed by atoms with van der Waals surface area (Å²) in [5.74, 6) is -0.936. The number of halogens is 2. The topological polar surface area (TPSA) is 50.1 Å². The van der Waals surface area contributed by atoms with Crippen LogP contribution in [0.3, 0.4) is 0 Å². The summed E-state index contributed by atoms with van der Waals surface area (Å²) in [7, 11) is 0. The summed E-state index contributed by atoms with van der Waals surface area (Å²) in [6, 6.07) is 12.9. The molecular weight excluding hydrogens is 337 g/mol. The number of hydrogen-bond acceptors (Lipinski definition) is 4.